The van der Waals surface area contributed by atoms with E-state index in [0.717, 1.165) is 6.07 Å². The predicted molar refractivity (Wildman–Crippen MR) is 128 cm³/mol. The molecule has 0 bridgehead atoms. The Kier molecular flexibility index (Phi) is 6.78. The number of anilines is 1. The van der Waals surface area contributed by atoms with E-state index >= 15 is 0 Å². The van der Waals surface area contributed by atoms with Crippen LogP contribution in [0.4, 0.5) is 11.5 Å². The number of nitro groups is 1. The summed E-state index contributed by atoms with van der Waals surface area (Å²) >= 11 is 5.86. The second-order valence-electron chi connectivity index (χ2n) is 7.43. The molecular weight excluding hydrogens is 478 g/mol. The van der Waals surface area contributed by atoms with Crippen molar-refractivity contribution < 1.29 is 24.0 Å². The molecule has 0 saturated heterocycles. The Morgan fingerprint density at radius 3 is 2.49 bits per heavy atom. The van der Waals surface area contributed by atoms with Gasteiger partial charge in [0, 0.05) is 12.6 Å². The van der Waals surface area contributed by atoms with Crippen LogP contribution in [-0.2, 0) is 16.0 Å². The molecule has 2 aromatic heterocycles. The minimum Gasteiger partial charge on any atom is -0.462 e. The molecule has 0 spiro atoms. The van der Waals surface area contributed by atoms with E-state index < -0.39 is 16.9 Å². The number of fused-ring (bicyclic) bond motifs is 2. The number of aryl methyl sites for hydroxylation is 1. The van der Waals surface area contributed by atoms with Gasteiger partial charge in [-0.3, -0.25) is 10.1 Å². The molecule has 2 N–H and O–H groups in total. The van der Waals surface area contributed by atoms with Crippen LogP contribution in [0.15, 0.2) is 42.5 Å². The first-order valence-electron chi connectivity index (χ1n) is 10.6. The van der Waals surface area contributed by atoms with Crippen LogP contribution in [0, 0.1) is 10.1 Å². The molecule has 11 nitrogen and oxygen atoms in total. The lowest BCUT2D eigenvalue weighted by Crippen LogP contribution is -2.12. The maximum Gasteiger partial charge on any atom is 0.344 e. The van der Waals surface area contributed by atoms with Gasteiger partial charge in [-0.15, -0.1) is 0 Å². The average Bonchev–Trinajstić information content (AvgIpc) is 3.10. The van der Waals surface area contributed by atoms with Gasteiger partial charge in [-0.05, 0) is 37.6 Å². The SMILES string of the molecule is CCOC(=O)c1c(N)n(CCCOC(=O)c2ccc([N+](=O)[O-])c(Cl)c2)c2nc3ccccc3nc12. The molecular formula is C23H20ClN5O6. The van der Waals surface area contributed by atoms with Crippen LogP contribution >= 0.6 is 11.6 Å². The first-order valence-corrected chi connectivity index (χ1v) is 11.0. The molecule has 0 unspecified atom stereocenters. The van der Waals surface area contributed by atoms with Crippen LogP contribution < -0.4 is 5.73 Å². The molecule has 0 aliphatic rings. The zero-order valence-electron chi connectivity index (χ0n) is 18.6. The molecule has 2 heterocycles. The number of ether oxygens (including phenoxy) is 2. The molecule has 12 heteroatoms. The third-order valence-corrected chi connectivity index (χ3v) is 5.51. The minimum absolute atomic E-state index is 0.0162. The average molecular weight is 498 g/mol. The van der Waals surface area contributed by atoms with Gasteiger partial charge in [0.15, 0.2) is 5.65 Å². The molecule has 4 rings (SSSR count). The van der Waals surface area contributed by atoms with Crippen molar-refractivity contribution in [2.75, 3.05) is 18.9 Å². The third-order valence-electron chi connectivity index (χ3n) is 5.21. The number of nitro benzene ring substituents is 1. The van der Waals surface area contributed by atoms with Gasteiger partial charge in [0.25, 0.3) is 5.69 Å². The summed E-state index contributed by atoms with van der Waals surface area (Å²) in [6, 6.07) is 10.8. The Balaban J connectivity index is 1.54. The number of aromatic nitrogens is 3. The third kappa shape index (κ3) is 4.71. The standard InChI is InChI=1S/C23H20ClN5O6/c1-2-34-23(31)18-19-21(27-16-7-4-3-6-15(16)26-19)28(20(18)25)10-5-11-35-22(30)13-8-9-17(29(32)33)14(24)12-13/h3-4,6-9,12H,2,5,10-11,25H2,1H3. The first kappa shape index (κ1) is 23.9. The number of para-hydroxylation sites is 2. The van der Waals surface area contributed by atoms with Crippen LogP contribution in [0.1, 0.15) is 34.1 Å². The highest BCUT2D eigenvalue weighted by Crippen LogP contribution is 2.29. The molecule has 0 fully saturated rings. The van der Waals surface area contributed by atoms with Crippen molar-refractivity contribution >= 4 is 57.2 Å². The Hall–Kier alpha value is -4.25. The van der Waals surface area contributed by atoms with Gasteiger partial charge in [-0.1, -0.05) is 23.7 Å². The van der Waals surface area contributed by atoms with Gasteiger partial charge < -0.3 is 19.8 Å². The molecule has 0 atom stereocenters. The van der Waals surface area contributed by atoms with Crippen molar-refractivity contribution in [1.82, 2.24) is 14.5 Å². The fourth-order valence-corrected chi connectivity index (χ4v) is 3.85. The van der Waals surface area contributed by atoms with Crippen LogP contribution in [-0.4, -0.2) is 44.6 Å². The zero-order valence-corrected chi connectivity index (χ0v) is 19.3. The summed E-state index contributed by atoms with van der Waals surface area (Å²) in [6.07, 6.45) is 0.344. The first-order chi connectivity index (χ1) is 16.8. The Morgan fingerprint density at radius 2 is 1.83 bits per heavy atom. The quantitative estimate of drug-likeness (QED) is 0.163. The molecule has 2 aromatic carbocycles. The van der Waals surface area contributed by atoms with Crippen molar-refractivity contribution in [3.8, 4) is 0 Å². The largest absolute Gasteiger partial charge is 0.462 e. The number of nitrogen functional groups attached to an aromatic ring is 1. The molecule has 0 aliphatic heterocycles. The van der Waals surface area contributed by atoms with E-state index in [2.05, 4.69) is 9.97 Å². The van der Waals surface area contributed by atoms with Crippen molar-refractivity contribution in [1.29, 1.82) is 0 Å². The van der Waals surface area contributed by atoms with Crippen molar-refractivity contribution in [2.24, 2.45) is 0 Å². The summed E-state index contributed by atoms with van der Waals surface area (Å²) in [6.45, 7) is 2.17. The number of nitrogens with two attached hydrogens (primary N) is 1. The normalized spacial score (nSPS) is 11.0. The number of benzene rings is 2. The maximum absolute atomic E-state index is 12.6. The Labute approximate surface area is 203 Å². The summed E-state index contributed by atoms with van der Waals surface area (Å²) in [5.41, 5.74) is 8.22. The number of rotatable bonds is 8. The molecule has 180 valence electrons. The van der Waals surface area contributed by atoms with E-state index in [1.165, 1.54) is 12.1 Å². The number of hydrogen-bond donors (Lipinski definition) is 1. The monoisotopic (exact) mass is 497 g/mol. The fourth-order valence-electron chi connectivity index (χ4n) is 3.60. The fraction of sp³-hybridized carbons (Fsp3) is 0.217. The van der Waals surface area contributed by atoms with Crippen molar-refractivity contribution in [3.63, 3.8) is 0 Å². The second-order valence-corrected chi connectivity index (χ2v) is 7.84. The number of hydrogen-bond acceptors (Lipinski definition) is 9. The highest BCUT2D eigenvalue weighted by Gasteiger charge is 2.25. The van der Waals surface area contributed by atoms with E-state index in [4.69, 9.17) is 26.8 Å². The summed E-state index contributed by atoms with van der Waals surface area (Å²) < 4.78 is 12.1. The van der Waals surface area contributed by atoms with Crippen LogP contribution in [0.25, 0.3) is 22.2 Å². The summed E-state index contributed by atoms with van der Waals surface area (Å²) in [7, 11) is 0. The predicted octanol–water partition coefficient (Wildman–Crippen LogP) is 4.15. The summed E-state index contributed by atoms with van der Waals surface area (Å²) in [4.78, 5) is 44.4. The number of carbonyl (C=O) groups is 2. The molecule has 0 aliphatic carbocycles. The molecule has 4 aromatic rings. The highest BCUT2D eigenvalue weighted by atomic mass is 35.5. The van der Waals surface area contributed by atoms with Gasteiger partial charge >= 0.3 is 11.9 Å². The lowest BCUT2D eigenvalue weighted by atomic mass is 10.2. The summed E-state index contributed by atoms with van der Waals surface area (Å²) in [5.74, 6) is -1.12. The Morgan fingerprint density at radius 1 is 1.11 bits per heavy atom. The van der Waals surface area contributed by atoms with Crippen LogP contribution in [0.2, 0.25) is 5.02 Å². The van der Waals surface area contributed by atoms with Crippen LogP contribution in [0.5, 0.6) is 0 Å². The van der Waals surface area contributed by atoms with E-state index in [9.17, 15) is 19.7 Å². The number of halogens is 1. The zero-order chi connectivity index (χ0) is 25.1. The maximum atomic E-state index is 12.6. The lowest BCUT2D eigenvalue weighted by Gasteiger charge is -2.09. The number of esters is 2. The smallest absolute Gasteiger partial charge is 0.344 e. The number of nitrogens with zero attached hydrogens (tertiary/aromatic N) is 4. The van der Waals surface area contributed by atoms with Gasteiger partial charge in [0.2, 0.25) is 0 Å². The van der Waals surface area contributed by atoms with Crippen molar-refractivity contribution in [3.05, 3.63) is 68.7 Å². The second kappa shape index (κ2) is 9.94. The molecule has 0 amide bonds. The minimum atomic E-state index is -0.676. The van der Waals surface area contributed by atoms with Gasteiger partial charge in [0.1, 0.15) is 21.9 Å². The van der Waals surface area contributed by atoms with E-state index in [1.807, 2.05) is 12.1 Å². The molecule has 0 radical (unpaired) electrons. The van der Waals surface area contributed by atoms with E-state index in [0.29, 0.717) is 28.6 Å². The van der Waals surface area contributed by atoms with Crippen molar-refractivity contribution in [2.45, 2.75) is 19.9 Å². The van der Waals surface area contributed by atoms with Crippen LogP contribution in [0.3, 0.4) is 0 Å². The van der Waals surface area contributed by atoms with Gasteiger partial charge in [0.05, 0.1) is 34.7 Å². The Bertz CT molecular complexity index is 1470. The highest BCUT2D eigenvalue weighted by molar-refractivity contribution is 6.33. The number of carbonyl (C=O) groups excluding carboxylic acids is 2. The van der Waals surface area contributed by atoms with Gasteiger partial charge in [-0.2, -0.15) is 0 Å². The molecule has 0 saturated carbocycles. The molecule has 35 heavy (non-hydrogen) atoms. The summed E-state index contributed by atoms with van der Waals surface area (Å²) in [5, 5.41) is 10.7. The van der Waals surface area contributed by atoms with E-state index in [-0.39, 0.29) is 47.4 Å². The van der Waals surface area contributed by atoms with E-state index in [1.54, 1.807) is 23.6 Å². The lowest BCUT2D eigenvalue weighted by molar-refractivity contribution is -0.384. The topological polar surface area (TPSA) is 152 Å². The van der Waals surface area contributed by atoms with Gasteiger partial charge in [-0.25, -0.2) is 19.6 Å².